The third-order valence-corrected chi connectivity index (χ3v) is 3.70. The molecule has 7 nitrogen and oxygen atoms in total. The Hall–Kier alpha value is -2.96. The Balaban J connectivity index is 1.63. The zero-order valence-corrected chi connectivity index (χ0v) is 13.7. The lowest BCUT2D eigenvalue weighted by Gasteiger charge is -2.15. The van der Waals surface area contributed by atoms with E-state index >= 15 is 0 Å². The summed E-state index contributed by atoms with van der Waals surface area (Å²) < 4.78 is 6.91. The van der Waals surface area contributed by atoms with Gasteiger partial charge in [-0.3, -0.25) is 4.79 Å². The van der Waals surface area contributed by atoms with Gasteiger partial charge in [0.1, 0.15) is 0 Å². The fraction of sp³-hybridized carbons (Fsp3) is 0.294. The Morgan fingerprint density at radius 3 is 2.79 bits per heavy atom. The van der Waals surface area contributed by atoms with Crippen molar-refractivity contribution < 1.29 is 9.32 Å². The molecule has 0 radical (unpaired) electrons. The second kappa shape index (κ2) is 7.08. The molecule has 7 heteroatoms. The van der Waals surface area contributed by atoms with E-state index in [0.29, 0.717) is 24.8 Å². The van der Waals surface area contributed by atoms with E-state index in [1.807, 2.05) is 22.8 Å². The monoisotopic (exact) mass is 325 g/mol. The average Bonchev–Trinajstić information content (AvgIpc) is 3.17. The highest BCUT2D eigenvalue weighted by Gasteiger charge is 2.15. The van der Waals surface area contributed by atoms with Gasteiger partial charge in [0, 0.05) is 32.4 Å². The molecule has 0 unspecified atom stereocenters. The molecule has 0 aliphatic heterocycles. The molecule has 0 saturated heterocycles. The Morgan fingerprint density at radius 2 is 2.08 bits per heavy atom. The molecule has 2 aromatic heterocycles. The minimum Gasteiger partial charge on any atom is -0.340 e. The van der Waals surface area contributed by atoms with Crippen LogP contribution in [0.1, 0.15) is 23.0 Å². The number of aryl methyl sites for hydroxylation is 1. The van der Waals surface area contributed by atoms with Crippen LogP contribution in [0.5, 0.6) is 0 Å². The summed E-state index contributed by atoms with van der Waals surface area (Å²) in [5.74, 6) is 0.972. The normalized spacial score (nSPS) is 10.8. The van der Waals surface area contributed by atoms with Crippen molar-refractivity contribution in [2.75, 3.05) is 7.05 Å². The molecule has 124 valence electrons. The second-order valence-electron chi connectivity index (χ2n) is 5.65. The van der Waals surface area contributed by atoms with E-state index in [1.165, 1.54) is 5.56 Å². The summed E-state index contributed by atoms with van der Waals surface area (Å²) in [5.41, 5.74) is 2.04. The summed E-state index contributed by atoms with van der Waals surface area (Å²) in [6, 6.07) is 10.1. The van der Waals surface area contributed by atoms with Crippen LogP contribution < -0.4 is 0 Å². The number of aromatic nitrogens is 4. The van der Waals surface area contributed by atoms with Gasteiger partial charge in [0.05, 0.1) is 19.3 Å². The lowest BCUT2D eigenvalue weighted by atomic mass is 10.2. The first-order chi connectivity index (χ1) is 11.6. The predicted octanol–water partition coefficient (Wildman–Crippen LogP) is 1.82. The van der Waals surface area contributed by atoms with Crippen LogP contribution in [0.2, 0.25) is 0 Å². The van der Waals surface area contributed by atoms with Gasteiger partial charge >= 0.3 is 0 Å². The van der Waals surface area contributed by atoms with Crippen molar-refractivity contribution in [3.05, 3.63) is 65.8 Å². The zero-order valence-electron chi connectivity index (χ0n) is 13.7. The summed E-state index contributed by atoms with van der Waals surface area (Å²) in [7, 11) is 1.73. The van der Waals surface area contributed by atoms with Gasteiger partial charge in [0.2, 0.25) is 11.8 Å². The molecule has 3 rings (SSSR count). The number of amides is 1. The molecule has 24 heavy (non-hydrogen) atoms. The van der Waals surface area contributed by atoms with E-state index in [0.717, 1.165) is 5.69 Å². The van der Waals surface area contributed by atoms with Crippen LogP contribution in [0, 0.1) is 6.92 Å². The first kappa shape index (κ1) is 15.9. The zero-order chi connectivity index (χ0) is 16.9. The molecular formula is C17H19N5O2. The van der Waals surface area contributed by atoms with Crippen LogP contribution >= 0.6 is 0 Å². The highest BCUT2D eigenvalue weighted by atomic mass is 16.5. The van der Waals surface area contributed by atoms with Gasteiger partial charge < -0.3 is 14.0 Å². The summed E-state index contributed by atoms with van der Waals surface area (Å²) in [5, 5.41) is 3.81. The summed E-state index contributed by atoms with van der Waals surface area (Å²) in [4.78, 5) is 22.3. The van der Waals surface area contributed by atoms with E-state index in [4.69, 9.17) is 4.52 Å². The maximum Gasteiger partial charge on any atom is 0.228 e. The number of rotatable bonds is 6. The van der Waals surface area contributed by atoms with E-state index < -0.39 is 0 Å². The average molecular weight is 325 g/mol. The highest BCUT2D eigenvalue weighted by molar-refractivity contribution is 5.78. The van der Waals surface area contributed by atoms with E-state index in [2.05, 4.69) is 27.3 Å². The SMILES string of the molecule is Cc1nc(CN(C)C(=O)Cc2cncn2Cc2ccccc2)no1. The topological polar surface area (TPSA) is 77.1 Å². The number of nitrogens with zero attached hydrogens (tertiary/aromatic N) is 5. The standard InChI is InChI=1S/C17H19N5O2/c1-13-19-16(20-24-13)11-21(2)17(23)8-15-9-18-12-22(15)10-14-6-4-3-5-7-14/h3-7,9,12H,8,10-11H2,1-2H3. The summed E-state index contributed by atoms with van der Waals surface area (Å²) in [6.45, 7) is 2.74. The maximum atomic E-state index is 12.4. The van der Waals surface area contributed by atoms with Crippen LogP contribution in [-0.2, 0) is 24.3 Å². The van der Waals surface area contributed by atoms with Crippen LogP contribution in [0.25, 0.3) is 0 Å². The molecule has 0 N–H and O–H groups in total. The molecule has 0 saturated carbocycles. The number of likely N-dealkylation sites (N-methyl/N-ethyl adjacent to an activating group) is 1. The molecule has 0 aliphatic rings. The van der Waals surface area contributed by atoms with Crippen molar-refractivity contribution >= 4 is 5.91 Å². The van der Waals surface area contributed by atoms with Crippen molar-refractivity contribution in [2.24, 2.45) is 0 Å². The molecule has 1 amide bonds. The van der Waals surface area contributed by atoms with E-state index in [9.17, 15) is 4.79 Å². The molecule has 3 aromatic rings. The first-order valence-electron chi connectivity index (χ1n) is 7.68. The van der Waals surface area contributed by atoms with Gasteiger partial charge in [0.15, 0.2) is 5.82 Å². The van der Waals surface area contributed by atoms with Gasteiger partial charge in [-0.25, -0.2) is 4.98 Å². The molecule has 0 bridgehead atoms. The maximum absolute atomic E-state index is 12.4. The van der Waals surface area contributed by atoms with Gasteiger partial charge in [-0.2, -0.15) is 4.98 Å². The predicted molar refractivity (Wildman–Crippen MR) is 87.0 cm³/mol. The molecule has 2 heterocycles. The Kier molecular flexibility index (Phi) is 4.69. The number of imidazole rings is 1. The van der Waals surface area contributed by atoms with Crippen molar-refractivity contribution in [1.29, 1.82) is 0 Å². The highest BCUT2D eigenvalue weighted by Crippen LogP contribution is 2.09. The van der Waals surface area contributed by atoms with Crippen molar-refractivity contribution in [3.8, 4) is 0 Å². The third-order valence-electron chi connectivity index (χ3n) is 3.70. The van der Waals surface area contributed by atoms with Crippen LogP contribution in [0.3, 0.4) is 0 Å². The number of carbonyl (C=O) groups excluding carboxylic acids is 1. The summed E-state index contributed by atoms with van der Waals surface area (Å²) >= 11 is 0. The largest absolute Gasteiger partial charge is 0.340 e. The minimum absolute atomic E-state index is 0.0211. The van der Waals surface area contributed by atoms with Gasteiger partial charge in [-0.15, -0.1) is 0 Å². The molecule has 0 spiro atoms. The number of carbonyl (C=O) groups is 1. The number of benzene rings is 1. The number of hydrogen-bond donors (Lipinski definition) is 0. The van der Waals surface area contributed by atoms with Crippen LogP contribution in [0.15, 0.2) is 47.4 Å². The van der Waals surface area contributed by atoms with Crippen molar-refractivity contribution in [1.82, 2.24) is 24.6 Å². The van der Waals surface area contributed by atoms with E-state index in [-0.39, 0.29) is 12.3 Å². The molecular weight excluding hydrogens is 306 g/mol. The van der Waals surface area contributed by atoms with Crippen LogP contribution in [-0.4, -0.2) is 37.5 Å². The second-order valence-corrected chi connectivity index (χ2v) is 5.65. The molecule has 0 atom stereocenters. The fourth-order valence-electron chi connectivity index (χ4n) is 2.41. The molecule has 0 aliphatic carbocycles. The van der Waals surface area contributed by atoms with Crippen LogP contribution in [0.4, 0.5) is 0 Å². The minimum atomic E-state index is -0.0211. The lowest BCUT2D eigenvalue weighted by Crippen LogP contribution is -2.29. The Bertz CT molecular complexity index is 809. The summed E-state index contributed by atoms with van der Waals surface area (Å²) in [6.07, 6.45) is 3.76. The smallest absolute Gasteiger partial charge is 0.228 e. The third kappa shape index (κ3) is 3.87. The fourth-order valence-corrected chi connectivity index (χ4v) is 2.41. The van der Waals surface area contributed by atoms with Gasteiger partial charge in [-0.1, -0.05) is 35.5 Å². The van der Waals surface area contributed by atoms with Crippen molar-refractivity contribution in [3.63, 3.8) is 0 Å². The van der Waals surface area contributed by atoms with Gasteiger partial charge in [-0.05, 0) is 5.56 Å². The Labute approximate surface area is 139 Å². The molecule has 0 fully saturated rings. The quantitative estimate of drug-likeness (QED) is 0.691. The molecule has 1 aromatic carbocycles. The van der Waals surface area contributed by atoms with Crippen molar-refractivity contribution in [2.45, 2.75) is 26.4 Å². The van der Waals surface area contributed by atoms with Gasteiger partial charge in [0.25, 0.3) is 0 Å². The Morgan fingerprint density at radius 1 is 1.29 bits per heavy atom. The lowest BCUT2D eigenvalue weighted by molar-refractivity contribution is -0.129. The van der Waals surface area contributed by atoms with E-state index in [1.54, 1.807) is 31.4 Å². The first-order valence-corrected chi connectivity index (χ1v) is 7.68. The number of hydrogen-bond acceptors (Lipinski definition) is 5.